The van der Waals surface area contributed by atoms with Gasteiger partial charge in [0.1, 0.15) is 11.6 Å². The Kier molecular flexibility index (Phi) is 5.60. The van der Waals surface area contributed by atoms with Crippen LogP contribution in [0.3, 0.4) is 0 Å². The second-order valence-corrected chi connectivity index (χ2v) is 3.64. The maximum atomic E-state index is 5.30. The summed E-state index contributed by atoms with van der Waals surface area (Å²) < 4.78 is 5.15. The van der Waals surface area contributed by atoms with E-state index < -0.39 is 0 Å². The van der Waals surface area contributed by atoms with E-state index in [1.54, 1.807) is 7.11 Å². The van der Waals surface area contributed by atoms with Crippen LogP contribution in [0, 0.1) is 0 Å². The summed E-state index contributed by atoms with van der Waals surface area (Å²) in [5, 5.41) is 3.32. The van der Waals surface area contributed by atoms with Crippen molar-refractivity contribution in [2.45, 2.75) is 25.8 Å². The fourth-order valence-corrected chi connectivity index (χ4v) is 1.55. The summed E-state index contributed by atoms with van der Waals surface area (Å²) in [6.45, 7) is 2.82. The Morgan fingerprint density at radius 3 is 2.81 bits per heavy atom. The van der Waals surface area contributed by atoms with Crippen LogP contribution in [-0.4, -0.2) is 24.7 Å². The van der Waals surface area contributed by atoms with Gasteiger partial charge in [-0.15, -0.1) is 0 Å². The van der Waals surface area contributed by atoms with E-state index in [-0.39, 0.29) is 6.04 Å². The molecule has 5 nitrogen and oxygen atoms in total. The molecule has 0 aliphatic rings. The number of hydrogen-bond donors (Lipinski definition) is 3. The molecule has 1 rings (SSSR count). The number of nitrogens with zero attached hydrogens (tertiary/aromatic N) is 1. The highest BCUT2D eigenvalue weighted by Crippen LogP contribution is 2.11. The van der Waals surface area contributed by atoms with Crippen LogP contribution >= 0.6 is 0 Å². The maximum absolute atomic E-state index is 5.30. The first-order valence-corrected chi connectivity index (χ1v) is 5.49. The van der Waals surface area contributed by atoms with Gasteiger partial charge < -0.3 is 15.5 Å². The van der Waals surface area contributed by atoms with Crippen LogP contribution < -0.4 is 16.6 Å². The number of rotatable bonds is 7. The summed E-state index contributed by atoms with van der Waals surface area (Å²) in [6.07, 6.45) is 2.16. The third kappa shape index (κ3) is 4.04. The number of pyridine rings is 1. The number of nitrogens with one attached hydrogen (secondary N) is 2. The summed E-state index contributed by atoms with van der Waals surface area (Å²) in [5.74, 6) is 6.76. The summed E-state index contributed by atoms with van der Waals surface area (Å²) >= 11 is 0. The topological polar surface area (TPSA) is 72.2 Å². The van der Waals surface area contributed by atoms with E-state index in [2.05, 4.69) is 22.7 Å². The van der Waals surface area contributed by atoms with Gasteiger partial charge in [0, 0.05) is 7.11 Å². The fourth-order valence-electron chi connectivity index (χ4n) is 1.55. The molecular weight excluding hydrogens is 204 g/mol. The zero-order valence-corrected chi connectivity index (χ0v) is 9.86. The summed E-state index contributed by atoms with van der Waals surface area (Å²) in [7, 11) is 1.70. The average Bonchev–Trinajstić information content (AvgIpc) is 2.30. The van der Waals surface area contributed by atoms with Gasteiger partial charge in [0.05, 0.1) is 12.6 Å². The quantitative estimate of drug-likeness (QED) is 0.484. The number of aromatic nitrogens is 1. The van der Waals surface area contributed by atoms with Crippen molar-refractivity contribution in [1.82, 2.24) is 4.98 Å². The number of ether oxygens (including phenoxy) is 1. The van der Waals surface area contributed by atoms with Crippen molar-refractivity contribution in [3.05, 3.63) is 18.2 Å². The Balaban J connectivity index is 2.60. The van der Waals surface area contributed by atoms with Crippen molar-refractivity contribution in [2.24, 2.45) is 5.84 Å². The Morgan fingerprint density at radius 1 is 1.44 bits per heavy atom. The number of nitrogen functional groups attached to an aromatic ring is 1. The molecule has 0 spiro atoms. The highest BCUT2D eigenvalue weighted by atomic mass is 16.5. The fraction of sp³-hybridized carbons (Fsp3) is 0.545. The number of hydrazine groups is 1. The Labute approximate surface area is 96.4 Å². The van der Waals surface area contributed by atoms with Gasteiger partial charge in [0.15, 0.2) is 0 Å². The molecular formula is C11H20N4O. The molecule has 5 heteroatoms. The van der Waals surface area contributed by atoms with E-state index in [4.69, 9.17) is 10.6 Å². The molecule has 1 atom stereocenters. The first-order chi connectivity index (χ1) is 7.80. The smallest absolute Gasteiger partial charge is 0.142 e. The van der Waals surface area contributed by atoms with E-state index in [9.17, 15) is 0 Å². The monoisotopic (exact) mass is 224 g/mol. The van der Waals surface area contributed by atoms with Gasteiger partial charge in [0.25, 0.3) is 0 Å². The van der Waals surface area contributed by atoms with E-state index in [0.717, 1.165) is 18.7 Å². The third-order valence-electron chi connectivity index (χ3n) is 2.25. The van der Waals surface area contributed by atoms with Crippen LogP contribution in [0.15, 0.2) is 18.2 Å². The molecule has 1 aromatic rings. The summed E-state index contributed by atoms with van der Waals surface area (Å²) in [5.41, 5.74) is 2.52. The third-order valence-corrected chi connectivity index (χ3v) is 2.25. The normalized spacial score (nSPS) is 12.2. The van der Waals surface area contributed by atoms with Gasteiger partial charge in [-0.1, -0.05) is 19.4 Å². The molecule has 16 heavy (non-hydrogen) atoms. The molecule has 0 radical (unpaired) electrons. The van der Waals surface area contributed by atoms with E-state index in [1.807, 2.05) is 18.2 Å². The minimum atomic E-state index is 0.288. The summed E-state index contributed by atoms with van der Waals surface area (Å²) in [4.78, 5) is 4.29. The van der Waals surface area contributed by atoms with Gasteiger partial charge in [0.2, 0.25) is 0 Å². The van der Waals surface area contributed by atoms with Crippen LogP contribution in [-0.2, 0) is 4.74 Å². The van der Waals surface area contributed by atoms with Crippen LogP contribution in [0.2, 0.25) is 0 Å². The van der Waals surface area contributed by atoms with Crippen molar-refractivity contribution >= 4 is 11.6 Å². The molecule has 0 fully saturated rings. The minimum absolute atomic E-state index is 0.288. The van der Waals surface area contributed by atoms with Crippen molar-refractivity contribution in [2.75, 3.05) is 24.5 Å². The molecule has 1 unspecified atom stereocenters. The van der Waals surface area contributed by atoms with Crippen LogP contribution in [0.1, 0.15) is 19.8 Å². The van der Waals surface area contributed by atoms with Gasteiger partial charge in [-0.05, 0) is 18.6 Å². The lowest BCUT2D eigenvalue weighted by molar-refractivity contribution is 0.182. The Morgan fingerprint density at radius 2 is 2.19 bits per heavy atom. The molecule has 90 valence electrons. The van der Waals surface area contributed by atoms with Crippen LogP contribution in [0.4, 0.5) is 11.6 Å². The lowest BCUT2D eigenvalue weighted by atomic mass is 10.2. The first kappa shape index (κ1) is 12.7. The second kappa shape index (κ2) is 7.03. The molecule has 1 heterocycles. The highest BCUT2D eigenvalue weighted by molar-refractivity contribution is 5.44. The Hall–Kier alpha value is -1.33. The predicted molar refractivity (Wildman–Crippen MR) is 66.2 cm³/mol. The molecule has 1 aromatic heterocycles. The molecule has 0 aliphatic carbocycles. The largest absolute Gasteiger partial charge is 0.383 e. The molecule has 4 N–H and O–H groups in total. The molecule has 0 aromatic carbocycles. The zero-order valence-electron chi connectivity index (χ0n) is 9.86. The van der Waals surface area contributed by atoms with E-state index >= 15 is 0 Å². The van der Waals surface area contributed by atoms with Crippen molar-refractivity contribution in [3.63, 3.8) is 0 Å². The number of hydrogen-bond acceptors (Lipinski definition) is 5. The van der Waals surface area contributed by atoms with Crippen LogP contribution in [0.25, 0.3) is 0 Å². The number of nitrogens with two attached hydrogens (primary N) is 1. The predicted octanol–water partition coefficient (Wildman–Crippen LogP) is 1.59. The van der Waals surface area contributed by atoms with Crippen molar-refractivity contribution in [3.8, 4) is 0 Å². The average molecular weight is 224 g/mol. The first-order valence-electron chi connectivity index (χ1n) is 5.49. The van der Waals surface area contributed by atoms with E-state index in [1.165, 1.54) is 0 Å². The van der Waals surface area contributed by atoms with E-state index in [0.29, 0.717) is 12.4 Å². The van der Waals surface area contributed by atoms with Gasteiger partial charge in [-0.25, -0.2) is 10.8 Å². The molecule has 0 saturated carbocycles. The SMILES string of the molecule is CCCC(COC)Nc1cccc(NN)n1. The lowest BCUT2D eigenvalue weighted by Gasteiger charge is -2.18. The molecule has 0 saturated heterocycles. The summed E-state index contributed by atoms with van der Waals surface area (Å²) in [6, 6.07) is 5.92. The standard InChI is InChI=1S/C11H20N4O/c1-3-5-9(8-16-2)13-10-6-4-7-11(14-10)15-12/h4,6-7,9H,3,5,8,12H2,1-2H3,(H2,13,14,15). The lowest BCUT2D eigenvalue weighted by Crippen LogP contribution is -2.25. The van der Waals surface area contributed by atoms with Crippen LogP contribution in [0.5, 0.6) is 0 Å². The Bertz CT molecular complexity index is 300. The number of anilines is 2. The highest BCUT2D eigenvalue weighted by Gasteiger charge is 2.07. The molecule has 0 amide bonds. The zero-order chi connectivity index (χ0) is 11.8. The van der Waals surface area contributed by atoms with Crippen molar-refractivity contribution in [1.29, 1.82) is 0 Å². The molecule has 0 bridgehead atoms. The van der Waals surface area contributed by atoms with Gasteiger partial charge in [-0.3, -0.25) is 0 Å². The minimum Gasteiger partial charge on any atom is -0.383 e. The second-order valence-electron chi connectivity index (χ2n) is 3.64. The maximum Gasteiger partial charge on any atom is 0.142 e. The number of methoxy groups -OCH3 is 1. The van der Waals surface area contributed by atoms with Gasteiger partial charge >= 0.3 is 0 Å². The molecule has 0 aliphatic heterocycles. The van der Waals surface area contributed by atoms with Crippen molar-refractivity contribution < 1.29 is 4.74 Å². The van der Waals surface area contributed by atoms with Gasteiger partial charge in [-0.2, -0.15) is 0 Å².